The first kappa shape index (κ1) is 39.7. The van der Waals surface area contributed by atoms with Gasteiger partial charge in [-0.25, -0.2) is 8.42 Å². The number of benzene rings is 2. The van der Waals surface area contributed by atoms with E-state index >= 15 is 0 Å². The molecule has 5 rings (SSSR count). The Labute approximate surface area is 297 Å². The number of carboxylic acids is 1. The van der Waals surface area contributed by atoms with Gasteiger partial charge >= 0.3 is 12.1 Å². The minimum Gasteiger partial charge on any atom is -0.481 e. The van der Waals surface area contributed by atoms with Crippen LogP contribution in [0.3, 0.4) is 0 Å². The number of amides is 1. The second-order valence-corrected chi connectivity index (χ2v) is 15.3. The number of morpholine rings is 1. The second kappa shape index (κ2) is 18.4. The fraction of sp³-hybridized carbons (Fsp3) is 0.541. The number of anilines is 1. The van der Waals surface area contributed by atoms with E-state index in [1.165, 1.54) is 55.9 Å². The Kier molecular flexibility index (Phi) is 14.3. The number of rotatable bonds is 14. The largest absolute Gasteiger partial charge is 0.481 e. The van der Waals surface area contributed by atoms with Crippen LogP contribution in [-0.4, -0.2) is 73.4 Å². The van der Waals surface area contributed by atoms with Crippen molar-refractivity contribution in [1.82, 2.24) is 9.88 Å². The molecular weight excluding hydrogens is 685 g/mol. The van der Waals surface area contributed by atoms with E-state index in [9.17, 15) is 41.5 Å². The molecule has 2 aromatic carbocycles. The Morgan fingerprint density at radius 1 is 0.961 bits per heavy atom. The van der Waals surface area contributed by atoms with Gasteiger partial charge in [-0.05, 0) is 43.5 Å². The molecule has 0 bridgehead atoms. The van der Waals surface area contributed by atoms with E-state index in [1.54, 1.807) is 4.90 Å². The molecule has 0 spiro atoms. The molecule has 2 heterocycles. The third-order valence-corrected chi connectivity index (χ3v) is 11.8. The summed E-state index contributed by atoms with van der Waals surface area (Å²) in [6, 6.07) is 14.0. The first-order valence-electron chi connectivity index (χ1n) is 17.6. The van der Waals surface area contributed by atoms with Crippen molar-refractivity contribution < 1.29 is 41.0 Å². The number of nitrogens with zero attached hydrogens (tertiary/aromatic N) is 3. The van der Waals surface area contributed by atoms with Gasteiger partial charge in [0.25, 0.3) is 0 Å². The Hall–Kier alpha value is -4.09. The monoisotopic (exact) mass is 732 g/mol. The van der Waals surface area contributed by atoms with E-state index in [2.05, 4.69) is 30.2 Å². The third kappa shape index (κ3) is 10.5. The van der Waals surface area contributed by atoms with Crippen LogP contribution in [0.25, 0.3) is 10.9 Å². The summed E-state index contributed by atoms with van der Waals surface area (Å²) in [5.41, 5.74) is -0.205. The second-order valence-electron chi connectivity index (χ2n) is 13.1. The summed E-state index contributed by atoms with van der Waals surface area (Å²) in [5, 5.41) is 18.6. The van der Waals surface area contributed by atoms with E-state index in [0.717, 1.165) is 41.8 Å². The van der Waals surface area contributed by atoms with Crippen LogP contribution in [0, 0.1) is 23.3 Å². The predicted octanol–water partition coefficient (Wildman–Crippen LogP) is 7.41. The molecule has 2 aliphatic rings. The normalized spacial score (nSPS) is 19.3. The van der Waals surface area contributed by atoms with Crippen LogP contribution in [-0.2, 0) is 30.3 Å². The van der Waals surface area contributed by atoms with Gasteiger partial charge in [0.05, 0.1) is 40.8 Å². The van der Waals surface area contributed by atoms with Crippen molar-refractivity contribution in [3.63, 3.8) is 0 Å². The van der Waals surface area contributed by atoms with Gasteiger partial charge in [-0.15, -0.1) is 0 Å². The number of hydrogen-bond acceptors (Lipinski definition) is 7. The van der Waals surface area contributed by atoms with Gasteiger partial charge in [0.1, 0.15) is 5.82 Å². The summed E-state index contributed by atoms with van der Waals surface area (Å²) in [4.78, 5) is 30.1. The molecule has 1 amide bonds. The van der Waals surface area contributed by atoms with Gasteiger partial charge in [0.2, 0.25) is 5.91 Å². The first-order chi connectivity index (χ1) is 24.4. The highest BCUT2D eigenvalue weighted by atomic mass is 32.2. The molecule has 1 aliphatic heterocycles. The molecule has 0 radical (unpaired) electrons. The van der Waals surface area contributed by atoms with Gasteiger partial charge in [0, 0.05) is 30.5 Å². The SMILES string of the molecule is CCCCCCCCCCN(C#N)c1cc2ccccc2[nH]1.O=C(O)[C@@H]1C[C@H](S(=O)(=O)c2ccccc2C(F)(F)F)C[C@H]1C(=O)N1CCOCC1. The number of carbonyl (C=O) groups excluding carboxylic acids is 1. The molecule has 2 N–H and O–H groups in total. The lowest BCUT2D eigenvalue weighted by molar-refractivity contribution is -0.150. The number of halogens is 3. The number of nitriles is 1. The Bertz CT molecular complexity index is 1720. The summed E-state index contributed by atoms with van der Waals surface area (Å²) in [5.74, 6) is -3.31. The molecule has 0 unspecified atom stereocenters. The number of fused-ring (bicyclic) bond motifs is 1. The molecule has 1 aromatic heterocycles. The maximum atomic E-state index is 13.3. The molecule has 3 aromatic rings. The lowest BCUT2D eigenvalue weighted by Crippen LogP contribution is -2.45. The zero-order valence-corrected chi connectivity index (χ0v) is 29.7. The van der Waals surface area contributed by atoms with Gasteiger partial charge < -0.3 is 19.7 Å². The number of unbranched alkanes of at least 4 members (excludes halogenated alkanes) is 7. The summed E-state index contributed by atoms with van der Waals surface area (Å²) in [7, 11) is -4.49. The van der Waals surface area contributed by atoms with Gasteiger partial charge in [0.15, 0.2) is 16.0 Å². The van der Waals surface area contributed by atoms with E-state index in [-0.39, 0.29) is 32.7 Å². The van der Waals surface area contributed by atoms with Crippen molar-refractivity contribution in [2.24, 2.45) is 11.8 Å². The summed E-state index contributed by atoms with van der Waals surface area (Å²) in [6.07, 6.45) is 6.99. The average Bonchev–Trinajstić information content (AvgIpc) is 3.77. The molecule has 2 fully saturated rings. The standard InChI is InChI=1S/C19H27N3.C18H20F3NO6S/c1-2-3-4-5-6-7-8-11-14-22(16-20)19-15-17-12-9-10-13-18(17)21-19;19-18(20,21)14-3-1-2-4-15(14)29(26,27)11-9-12(13(10-11)17(24)25)16(23)22-5-7-28-8-6-22/h9-10,12-13,15,21H,2-8,11,14H2,1H3;1-4,11-13H,5-10H2,(H,24,25)/t;11-,12-,13-/m.1/s1. The van der Waals surface area contributed by atoms with Crippen LogP contribution in [0.4, 0.5) is 19.0 Å². The Morgan fingerprint density at radius 3 is 2.20 bits per heavy atom. The number of nitrogens with one attached hydrogen (secondary N) is 1. The summed E-state index contributed by atoms with van der Waals surface area (Å²) < 4.78 is 71.0. The number of para-hydroxylation sites is 1. The predicted molar refractivity (Wildman–Crippen MR) is 188 cm³/mol. The van der Waals surface area contributed by atoms with Gasteiger partial charge in [-0.3, -0.25) is 14.5 Å². The van der Waals surface area contributed by atoms with Crippen molar-refractivity contribution in [2.45, 2.75) is 87.5 Å². The highest BCUT2D eigenvalue weighted by molar-refractivity contribution is 7.92. The van der Waals surface area contributed by atoms with Crippen molar-refractivity contribution in [2.75, 3.05) is 37.7 Å². The molecule has 3 atom stereocenters. The molecule has 51 heavy (non-hydrogen) atoms. The van der Waals surface area contributed by atoms with Crippen molar-refractivity contribution in [3.05, 3.63) is 60.2 Å². The van der Waals surface area contributed by atoms with Crippen LogP contribution in [0.5, 0.6) is 0 Å². The zero-order valence-electron chi connectivity index (χ0n) is 28.9. The van der Waals surface area contributed by atoms with E-state index in [4.69, 9.17) is 4.74 Å². The highest BCUT2D eigenvalue weighted by Gasteiger charge is 2.50. The maximum absolute atomic E-state index is 13.3. The Morgan fingerprint density at radius 2 is 1.57 bits per heavy atom. The molecule has 1 aliphatic carbocycles. The summed E-state index contributed by atoms with van der Waals surface area (Å²) >= 11 is 0. The minimum atomic E-state index is -4.88. The van der Waals surface area contributed by atoms with Crippen molar-refractivity contribution >= 4 is 38.4 Å². The average molecular weight is 733 g/mol. The smallest absolute Gasteiger partial charge is 0.417 e. The van der Waals surface area contributed by atoms with Crippen LogP contribution < -0.4 is 4.90 Å². The number of aromatic amines is 1. The lowest BCUT2D eigenvalue weighted by atomic mass is 9.94. The fourth-order valence-corrected chi connectivity index (χ4v) is 8.81. The number of aromatic nitrogens is 1. The quantitative estimate of drug-likeness (QED) is 0.0991. The molecule has 14 heteroatoms. The van der Waals surface area contributed by atoms with Gasteiger partial charge in [-0.1, -0.05) is 82.2 Å². The highest BCUT2D eigenvalue weighted by Crippen LogP contribution is 2.42. The Balaban J connectivity index is 0.000000238. The molecule has 1 saturated carbocycles. The number of hydrogen-bond donors (Lipinski definition) is 2. The van der Waals surface area contributed by atoms with Crippen LogP contribution >= 0.6 is 0 Å². The van der Waals surface area contributed by atoms with Gasteiger partial charge in [-0.2, -0.15) is 18.4 Å². The number of ether oxygens (including phenoxy) is 1. The van der Waals surface area contributed by atoms with Crippen LogP contribution in [0.1, 0.15) is 76.7 Å². The topological polar surface area (TPSA) is 144 Å². The number of alkyl halides is 3. The van der Waals surface area contributed by atoms with E-state index in [1.807, 2.05) is 18.2 Å². The number of carboxylic acid groups (broad SMARTS) is 1. The minimum absolute atomic E-state index is 0.260. The van der Waals surface area contributed by atoms with Crippen LogP contribution in [0.2, 0.25) is 0 Å². The van der Waals surface area contributed by atoms with E-state index < -0.39 is 61.9 Å². The number of sulfone groups is 1. The molecule has 10 nitrogen and oxygen atoms in total. The number of carbonyl (C=O) groups is 2. The number of H-pyrrole nitrogens is 1. The fourth-order valence-electron chi connectivity index (χ4n) is 6.77. The van der Waals surface area contributed by atoms with Crippen molar-refractivity contribution in [3.8, 4) is 6.19 Å². The zero-order chi connectivity index (χ0) is 37.0. The van der Waals surface area contributed by atoms with Crippen LogP contribution in [0.15, 0.2) is 59.5 Å². The molecule has 278 valence electrons. The third-order valence-electron chi connectivity index (χ3n) is 9.58. The molecule has 1 saturated heterocycles. The molecular formula is C37H47F3N4O6S. The number of aliphatic carboxylic acids is 1. The van der Waals surface area contributed by atoms with E-state index in [0.29, 0.717) is 6.07 Å². The summed E-state index contributed by atoms with van der Waals surface area (Å²) in [6.45, 7) is 4.15. The lowest BCUT2D eigenvalue weighted by Gasteiger charge is -2.30. The maximum Gasteiger partial charge on any atom is 0.417 e. The first-order valence-corrected chi connectivity index (χ1v) is 19.2. The van der Waals surface area contributed by atoms with Crippen molar-refractivity contribution in [1.29, 1.82) is 5.26 Å².